The fourth-order valence-electron chi connectivity index (χ4n) is 1.76. The number of carboxylic acids is 1. The number of benzene rings is 1. The molecule has 104 valence electrons. The van der Waals surface area contributed by atoms with Gasteiger partial charge in [-0.3, -0.25) is 4.79 Å². The summed E-state index contributed by atoms with van der Waals surface area (Å²) in [6.45, 7) is 0.562. The summed E-state index contributed by atoms with van der Waals surface area (Å²) in [5.74, 6) is 0.358. The van der Waals surface area contributed by atoms with Crippen molar-refractivity contribution < 1.29 is 19.4 Å². The number of halogens is 1. The van der Waals surface area contributed by atoms with Gasteiger partial charge in [-0.1, -0.05) is 15.9 Å². The monoisotopic (exact) mass is 329 g/mol. The summed E-state index contributed by atoms with van der Waals surface area (Å²) in [6.07, 6.45) is 2.30. The van der Waals surface area contributed by atoms with Crippen molar-refractivity contribution >= 4 is 21.9 Å². The van der Waals surface area contributed by atoms with Crippen molar-refractivity contribution in [2.45, 2.75) is 18.9 Å². The lowest BCUT2D eigenvalue weighted by molar-refractivity contribution is -0.138. The van der Waals surface area contributed by atoms with Crippen LogP contribution in [-0.2, 0) is 4.79 Å². The largest absolute Gasteiger partial charge is 0.493 e. The van der Waals surface area contributed by atoms with Crippen LogP contribution in [0.2, 0.25) is 0 Å². The minimum atomic E-state index is -1.15. The van der Waals surface area contributed by atoms with Crippen LogP contribution in [0.4, 0.5) is 0 Å². The van der Waals surface area contributed by atoms with Crippen LogP contribution in [-0.4, -0.2) is 24.8 Å². The summed E-state index contributed by atoms with van der Waals surface area (Å²) >= 11 is 3.32. The van der Waals surface area contributed by atoms with Gasteiger partial charge in [0.2, 0.25) is 0 Å². The Morgan fingerprint density at radius 3 is 2.79 bits per heavy atom. The van der Waals surface area contributed by atoms with E-state index in [-0.39, 0.29) is 0 Å². The molecule has 1 unspecified atom stereocenters. The first kappa shape index (κ1) is 14.1. The molecule has 1 fully saturated rings. The van der Waals surface area contributed by atoms with Crippen LogP contribution in [0.3, 0.4) is 0 Å². The number of carbonyl (C=O) groups is 1. The summed E-state index contributed by atoms with van der Waals surface area (Å²) < 4.78 is 11.6. The molecule has 6 heteroatoms. The summed E-state index contributed by atoms with van der Waals surface area (Å²) in [4.78, 5) is 11.1. The summed E-state index contributed by atoms with van der Waals surface area (Å²) in [5, 5.41) is 9.10. The van der Waals surface area contributed by atoms with E-state index in [1.807, 2.05) is 0 Å². The Labute approximate surface area is 119 Å². The molecule has 1 saturated carbocycles. The highest BCUT2D eigenvalue weighted by Crippen LogP contribution is 2.41. The van der Waals surface area contributed by atoms with Gasteiger partial charge in [0.05, 0.1) is 13.7 Å². The van der Waals surface area contributed by atoms with E-state index >= 15 is 0 Å². The molecule has 1 aliphatic carbocycles. The number of aliphatic carboxylic acids is 1. The maximum atomic E-state index is 11.1. The normalized spacial score (nSPS) is 15.9. The highest BCUT2D eigenvalue weighted by atomic mass is 79.9. The van der Waals surface area contributed by atoms with Gasteiger partial charge in [0, 0.05) is 10.0 Å². The van der Waals surface area contributed by atoms with E-state index in [0.717, 1.165) is 12.8 Å². The fraction of sp³-hybridized carbons (Fsp3) is 0.462. The second-order valence-electron chi connectivity index (χ2n) is 4.56. The molecule has 0 aromatic heterocycles. The summed E-state index contributed by atoms with van der Waals surface area (Å²) in [6, 6.07) is 2.28. The predicted octanol–water partition coefficient (Wildman–Crippen LogP) is 2.33. The number of hydrogen-bond donors (Lipinski definition) is 2. The SMILES string of the molecule is COc1ccc(Br)c(C(N)C(=O)O)c1OCC1CC1. The maximum absolute atomic E-state index is 11.1. The van der Waals surface area contributed by atoms with Crippen molar-refractivity contribution in [3.05, 3.63) is 22.2 Å². The average molecular weight is 330 g/mol. The van der Waals surface area contributed by atoms with Gasteiger partial charge in [0.15, 0.2) is 11.5 Å². The first-order chi connectivity index (χ1) is 9.04. The molecule has 0 aliphatic heterocycles. The Balaban J connectivity index is 2.37. The van der Waals surface area contributed by atoms with E-state index < -0.39 is 12.0 Å². The standard InChI is InChI=1S/C13H16BrNO4/c1-18-9-5-4-8(14)10(11(15)13(16)17)12(9)19-6-7-2-3-7/h4-5,7,11H,2-3,6,15H2,1H3,(H,16,17). The van der Waals surface area contributed by atoms with E-state index in [4.69, 9.17) is 20.3 Å². The molecule has 5 nitrogen and oxygen atoms in total. The third-order valence-corrected chi connectivity index (χ3v) is 3.76. The second kappa shape index (κ2) is 5.79. The van der Waals surface area contributed by atoms with Crippen LogP contribution >= 0.6 is 15.9 Å². The minimum absolute atomic E-state index is 0.410. The lowest BCUT2D eigenvalue weighted by Gasteiger charge is -2.18. The van der Waals surface area contributed by atoms with E-state index in [1.165, 1.54) is 7.11 Å². The Bertz CT molecular complexity index is 488. The lowest BCUT2D eigenvalue weighted by Crippen LogP contribution is -2.22. The van der Waals surface area contributed by atoms with Crippen molar-refractivity contribution in [1.82, 2.24) is 0 Å². The molecular formula is C13H16BrNO4. The Kier molecular flexibility index (Phi) is 4.31. The quantitative estimate of drug-likeness (QED) is 0.837. The van der Waals surface area contributed by atoms with Crippen molar-refractivity contribution in [3.8, 4) is 11.5 Å². The maximum Gasteiger partial charge on any atom is 0.325 e. The van der Waals surface area contributed by atoms with Crippen LogP contribution in [0.25, 0.3) is 0 Å². The van der Waals surface area contributed by atoms with Crippen LogP contribution in [0.1, 0.15) is 24.4 Å². The lowest BCUT2D eigenvalue weighted by atomic mass is 10.1. The molecule has 0 bridgehead atoms. The molecule has 2 rings (SSSR count). The predicted molar refractivity (Wildman–Crippen MR) is 73.5 cm³/mol. The summed E-state index contributed by atoms with van der Waals surface area (Å²) in [5.41, 5.74) is 6.13. The summed E-state index contributed by atoms with van der Waals surface area (Å²) in [7, 11) is 1.52. The molecule has 3 N–H and O–H groups in total. The molecule has 1 atom stereocenters. The van der Waals surface area contributed by atoms with Crippen molar-refractivity contribution in [3.63, 3.8) is 0 Å². The number of carboxylic acid groups (broad SMARTS) is 1. The fourth-order valence-corrected chi connectivity index (χ4v) is 2.32. The zero-order valence-electron chi connectivity index (χ0n) is 10.6. The molecule has 0 spiro atoms. The number of methoxy groups -OCH3 is 1. The second-order valence-corrected chi connectivity index (χ2v) is 5.42. The van der Waals surface area contributed by atoms with E-state index in [0.29, 0.717) is 34.1 Å². The zero-order chi connectivity index (χ0) is 14.0. The highest BCUT2D eigenvalue weighted by Gasteiger charge is 2.27. The molecule has 1 aliphatic rings. The van der Waals surface area contributed by atoms with Gasteiger partial charge in [-0.05, 0) is 30.9 Å². The van der Waals surface area contributed by atoms with Gasteiger partial charge in [0.25, 0.3) is 0 Å². The van der Waals surface area contributed by atoms with E-state index in [9.17, 15) is 4.79 Å². The number of ether oxygens (including phenoxy) is 2. The Hall–Kier alpha value is -1.27. The van der Waals surface area contributed by atoms with E-state index in [2.05, 4.69) is 15.9 Å². The number of hydrogen-bond acceptors (Lipinski definition) is 4. The molecule has 0 heterocycles. The van der Waals surface area contributed by atoms with Gasteiger partial charge >= 0.3 is 5.97 Å². The smallest absolute Gasteiger partial charge is 0.325 e. The highest BCUT2D eigenvalue weighted by molar-refractivity contribution is 9.10. The van der Waals surface area contributed by atoms with Gasteiger partial charge < -0.3 is 20.3 Å². The first-order valence-corrected chi connectivity index (χ1v) is 6.81. The van der Waals surface area contributed by atoms with Crippen molar-refractivity contribution in [2.75, 3.05) is 13.7 Å². The third kappa shape index (κ3) is 3.19. The van der Waals surface area contributed by atoms with Crippen LogP contribution in [0, 0.1) is 5.92 Å². The molecule has 0 radical (unpaired) electrons. The van der Waals surface area contributed by atoms with Gasteiger partial charge in [-0.2, -0.15) is 0 Å². The molecule has 1 aromatic rings. The minimum Gasteiger partial charge on any atom is -0.493 e. The Morgan fingerprint density at radius 1 is 1.58 bits per heavy atom. The van der Waals surface area contributed by atoms with Crippen LogP contribution in [0.15, 0.2) is 16.6 Å². The number of rotatable bonds is 6. The first-order valence-electron chi connectivity index (χ1n) is 6.02. The van der Waals surface area contributed by atoms with Crippen molar-refractivity contribution in [1.29, 1.82) is 0 Å². The molecular weight excluding hydrogens is 314 g/mol. The average Bonchev–Trinajstić information content (AvgIpc) is 3.19. The van der Waals surface area contributed by atoms with Crippen molar-refractivity contribution in [2.24, 2.45) is 11.7 Å². The molecule has 0 amide bonds. The van der Waals surface area contributed by atoms with Crippen LogP contribution in [0.5, 0.6) is 11.5 Å². The third-order valence-electron chi connectivity index (χ3n) is 3.06. The van der Waals surface area contributed by atoms with Gasteiger partial charge in [-0.15, -0.1) is 0 Å². The zero-order valence-corrected chi connectivity index (χ0v) is 12.1. The topological polar surface area (TPSA) is 81.8 Å². The number of nitrogens with two attached hydrogens (primary N) is 1. The van der Waals surface area contributed by atoms with Crippen LogP contribution < -0.4 is 15.2 Å². The van der Waals surface area contributed by atoms with Gasteiger partial charge in [0.1, 0.15) is 6.04 Å². The molecule has 1 aromatic carbocycles. The molecule has 19 heavy (non-hydrogen) atoms. The molecule has 0 saturated heterocycles. The Morgan fingerprint density at radius 2 is 2.26 bits per heavy atom. The van der Waals surface area contributed by atoms with Gasteiger partial charge in [-0.25, -0.2) is 0 Å². The van der Waals surface area contributed by atoms with E-state index in [1.54, 1.807) is 12.1 Å².